The van der Waals surface area contributed by atoms with Crippen LogP contribution in [0.3, 0.4) is 0 Å². The highest BCUT2D eigenvalue weighted by atomic mass is 32.2. The van der Waals surface area contributed by atoms with Gasteiger partial charge in [-0.05, 0) is 31.7 Å². The van der Waals surface area contributed by atoms with Crippen molar-refractivity contribution in [2.45, 2.75) is 11.8 Å². The van der Waals surface area contributed by atoms with Crippen LogP contribution in [-0.4, -0.2) is 45.7 Å². The van der Waals surface area contributed by atoms with E-state index in [4.69, 9.17) is 5.11 Å². The Labute approximate surface area is 122 Å². The SMILES string of the molecule is CNS(=O)(=O)c1cc(NC(=O)COCC(=O)O)ccc1C. The summed E-state index contributed by atoms with van der Waals surface area (Å²) in [7, 11) is -2.33. The first-order valence-corrected chi connectivity index (χ1v) is 7.38. The number of carboxylic acid groups (broad SMARTS) is 1. The van der Waals surface area contributed by atoms with Gasteiger partial charge in [0.1, 0.15) is 13.2 Å². The number of anilines is 1. The van der Waals surface area contributed by atoms with Gasteiger partial charge >= 0.3 is 5.97 Å². The molecule has 0 saturated carbocycles. The van der Waals surface area contributed by atoms with Crippen LogP contribution in [0, 0.1) is 6.92 Å². The van der Waals surface area contributed by atoms with E-state index in [-0.39, 0.29) is 10.6 Å². The van der Waals surface area contributed by atoms with Gasteiger partial charge < -0.3 is 15.2 Å². The molecule has 0 fully saturated rings. The van der Waals surface area contributed by atoms with Crippen LogP contribution in [0.2, 0.25) is 0 Å². The molecule has 1 rings (SSSR count). The molecule has 0 heterocycles. The topological polar surface area (TPSA) is 122 Å². The third-order valence-electron chi connectivity index (χ3n) is 2.49. The number of carbonyl (C=O) groups is 2. The lowest BCUT2D eigenvalue weighted by molar-refractivity contribution is -0.143. The molecule has 0 aliphatic rings. The van der Waals surface area contributed by atoms with Crippen molar-refractivity contribution >= 4 is 27.6 Å². The minimum atomic E-state index is -3.63. The Morgan fingerprint density at radius 1 is 1.29 bits per heavy atom. The van der Waals surface area contributed by atoms with E-state index < -0.39 is 35.1 Å². The third kappa shape index (κ3) is 5.14. The van der Waals surface area contributed by atoms with E-state index in [1.807, 2.05) is 0 Å². The Hall–Kier alpha value is -1.97. The van der Waals surface area contributed by atoms with Crippen molar-refractivity contribution < 1.29 is 27.9 Å². The van der Waals surface area contributed by atoms with Crippen molar-refractivity contribution in [2.75, 3.05) is 25.6 Å². The average molecular weight is 316 g/mol. The number of carboxylic acids is 1. The van der Waals surface area contributed by atoms with Gasteiger partial charge in [-0.2, -0.15) is 0 Å². The molecule has 0 aliphatic heterocycles. The molecule has 0 unspecified atom stereocenters. The molecule has 0 atom stereocenters. The van der Waals surface area contributed by atoms with Crippen LogP contribution in [0.25, 0.3) is 0 Å². The molecule has 9 heteroatoms. The van der Waals surface area contributed by atoms with E-state index >= 15 is 0 Å². The smallest absolute Gasteiger partial charge is 0.329 e. The van der Waals surface area contributed by atoms with Crippen molar-refractivity contribution in [3.05, 3.63) is 23.8 Å². The van der Waals surface area contributed by atoms with Crippen molar-refractivity contribution in [1.29, 1.82) is 0 Å². The lowest BCUT2D eigenvalue weighted by atomic mass is 10.2. The minimum Gasteiger partial charge on any atom is -0.480 e. The number of ether oxygens (including phenoxy) is 1. The summed E-state index contributed by atoms with van der Waals surface area (Å²) in [5.74, 6) is -1.76. The Morgan fingerprint density at radius 2 is 1.95 bits per heavy atom. The fourth-order valence-electron chi connectivity index (χ4n) is 1.51. The molecule has 0 bridgehead atoms. The molecule has 21 heavy (non-hydrogen) atoms. The van der Waals surface area contributed by atoms with Crippen LogP contribution in [0.5, 0.6) is 0 Å². The van der Waals surface area contributed by atoms with E-state index in [0.717, 1.165) is 0 Å². The normalized spacial score (nSPS) is 11.1. The molecule has 3 N–H and O–H groups in total. The highest BCUT2D eigenvalue weighted by Gasteiger charge is 2.15. The molecule has 116 valence electrons. The number of sulfonamides is 1. The zero-order valence-electron chi connectivity index (χ0n) is 11.5. The standard InChI is InChI=1S/C12H16N2O6S/c1-8-3-4-9(5-10(8)21(18,19)13-2)14-11(15)6-20-7-12(16)17/h3-5,13H,6-7H2,1-2H3,(H,14,15)(H,16,17). The highest BCUT2D eigenvalue weighted by molar-refractivity contribution is 7.89. The Morgan fingerprint density at radius 3 is 2.52 bits per heavy atom. The Kier molecular flexibility index (Phi) is 5.82. The van der Waals surface area contributed by atoms with Crippen LogP contribution < -0.4 is 10.0 Å². The Bertz CT molecular complexity index is 641. The predicted octanol–water partition coefficient (Wildman–Crippen LogP) is -0.0572. The number of aryl methyl sites for hydroxylation is 1. The monoisotopic (exact) mass is 316 g/mol. The van der Waals surface area contributed by atoms with Crippen LogP contribution in [0.1, 0.15) is 5.56 Å². The zero-order chi connectivity index (χ0) is 16.0. The summed E-state index contributed by atoms with van der Waals surface area (Å²) in [5.41, 5.74) is 0.808. The first-order valence-electron chi connectivity index (χ1n) is 5.90. The summed E-state index contributed by atoms with van der Waals surface area (Å²) in [6.07, 6.45) is 0. The molecule has 0 aromatic heterocycles. The number of carbonyl (C=O) groups excluding carboxylic acids is 1. The van der Waals surface area contributed by atoms with Gasteiger partial charge in [-0.15, -0.1) is 0 Å². The maximum Gasteiger partial charge on any atom is 0.329 e. The second kappa shape index (κ2) is 7.16. The number of aliphatic carboxylic acids is 1. The maximum atomic E-state index is 11.8. The third-order valence-corrected chi connectivity index (χ3v) is 4.05. The number of nitrogens with one attached hydrogen (secondary N) is 2. The lowest BCUT2D eigenvalue weighted by Gasteiger charge is -2.10. The second-order valence-electron chi connectivity index (χ2n) is 4.12. The van der Waals surface area contributed by atoms with Crippen molar-refractivity contribution in [1.82, 2.24) is 4.72 Å². The van der Waals surface area contributed by atoms with Gasteiger partial charge in [0.2, 0.25) is 15.9 Å². The summed E-state index contributed by atoms with van der Waals surface area (Å²) >= 11 is 0. The summed E-state index contributed by atoms with van der Waals surface area (Å²) in [6, 6.07) is 4.41. The van der Waals surface area contributed by atoms with Crippen LogP contribution in [0.15, 0.2) is 23.1 Å². The van der Waals surface area contributed by atoms with Crippen LogP contribution in [-0.2, 0) is 24.3 Å². The number of amides is 1. The first-order chi connectivity index (χ1) is 9.76. The number of hydrogen-bond donors (Lipinski definition) is 3. The quantitative estimate of drug-likeness (QED) is 0.648. The molecule has 0 saturated heterocycles. The summed E-state index contributed by atoms with van der Waals surface area (Å²) in [4.78, 5) is 21.8. The van der Waals surface area contributed by atoms with Crippen LogP contribution in [0.4, 0.5) is 5.69 Å². The molecule has 0 spiro atoms. The fraction of sp³-hybridized carbons (Fsp3) is 0.333. The summed E-state index contributed by atoms with van der Waals surface area (Å²) in [5, 5.41) is 10.8. The minimum absolute atomic E-state index is 0.0502. The van der Waals surface area contributed by atoms with E-state index in [2.05, 4.69) is 14.8 Å². The van der Waals surface area contributed by atoms with E-state index in [0.29, 0.717) is 5.56 Å². The van der Waals surface area contributed by atoms with Gasteiger partial charge in [-0.1, -0.05) is 6.07 Å². The molecule has 1 aromatic rings. The first kappa shape index (κ1) is 17.1. The van der Waals surface area contributed by atoms with Crippen molar-refractivity contribution in [3.63, 3.8) is 0 Å². The molecule has 0 radical (unpaired) electrons. The average Bonchev–Trinajstić information content (AvgIpc) is 2.40. The fourth-order valence-corrected chi connectivity index (χ4v) is 2.50. The number of hydrogen-bond acceptors (Lipinski definition) is 5. The summed E-state index contributed by atoms with van der Waals surface area (Å²) in [6.45, 7) is 0.612. The van der Waals surface area contributed by atoms with E-state index in [1.54, 1.807) is 19.1 Å². The molecule has 1 aromatic carbocycles. The Balaban J connectivity index is 2.79. The van der Waals surface area contributed by atoms with Crippen molar-refractivity contribution in [2.24, 2.45) is 0 Å². The van der Waals surface area contributed by atoms with E-state index in [9.17, 15) is 18.0 Å². The summed E-state index contributed by atoms with van der Waals surface area (Å²) < 4.78 is 30.4. The largest absolute Gasteiger partial charge is 0.480 e. The predicted molar refractivity (Wildman–Crippen MR) is 74.5 cm³/mol. The molecule has 0 aliphatic carbocycles. The molecule has 8 nitrogen and oxygen atoms in total. The zero-order valence-corrected chi connectivity index (χ0v) is 12.4. The van der Waals surface area contributed by atoms with Gasteiger partial charge in [-0.25, -0.2) is 17.9 Å². The van der Waals surface area contributed by atoms with Gasteiger partial charge in [0.15, 0.2) is 0 Å². The lowest BCUT2D eigenvalue weighted by Crippen LogP contribution is -2.22. The number of rotatable bonds is 7. The van der Waals surface area contributed by atoms with Gasteiger partial charge in [0.25, 0.3) is 0 Å². The van der Waals surface area contributed by atoms with Gasteiger partial charge in [-0.3, -0.25) is 4.79 Å². The molecule has 1 amide bonds. The second-order valence-corrected chi connectivity index (χ2v) is 5.98. The van der Waals surface area contributed by atoms with Crippen LogP contribution >= 0.6 is 0 Å². The van der Waals surface area contributed by atoms with Crippen molar-refractivity contribution in [3.8, 4) is 0 Å². The van der Waals surface area contributed by atoms with E-state index in [1.165, 1.54) is 13.1 Å². The number of benzene rings is 1. The van der Waals surface area contributed by atoms with Gasteiger partial charge in [0.05, 0.1) is 4.90 Å². The highest BCUT2D eigenvalue weighted by Crippen LogP contribution is 2.19. The van der Waals surface area contributed by atoms with Gasteiger partial charge in [0, 0.05) is 5.69 Å². The molecular weight excluding hydrogens is 300 g/mol. The maximum absolute atomic E-state index is 11.8. The molecular formula is C12H16N2O6S.